The van der Waals surface area contributed by atoms with Gasteiger partial charge in [0, 0.05) is 62.6 Å². The molecular weight excluding hydrogens is 921 g/mol. The highest BCUT2D eigenvalue weighted by atomic mass is 15.2. The summed E-state index contributed by atoms with van der Waals surface area (Å²) in [6.07, 6.45) is 34.4. The number of para-hydroxylation sites is 3. The number of hydrogen-bond donors (Lipinski definition) is 0. The molecular formula is C72H62N4. The summed E-state index contributed by atoms with van der Waals surface area (Å²) in [5.41, 5.74) is 20.6. The van der Waals surface area contributed by atoms with Crippen molar-refractivity contribution in [3.05, 3.63) is 308 Å². The van der Waals surface area contributed by atoms with E-state index in [1.807, 2.05) is 0 Å². The molecule has 4 aliphatic carbocycles. The van der Waals surface area contributed by atoms with Crippen LogP contribution in [-0.2, 0) is 0 Å². The van der Waals surface area contributed by atoms with Crippen LogP contribution < -0.4 is 19.6 Å². The number of nitrogens with zero attached hydrogens (tertiary/aromatic N) is 4. The summed E-state index contributed by atoms with van der Waals surface area (Å²) < 4.78 is 0. The molecule has 0 saturated carbocycles. The molecule has 1 unspecified atom stereocenters. The predicted octanol–water partition coefficient (Wildman–Crippen LogP) is 19.7. The van der Waals surface area contributed by atoms with Crippen LogP contribution in [0.1, 0.15) is 50.5 Å². The van der Waals surface area contributed by atoms with Crippen LogP contribution in [0.3, 0.4) is 0 Å². The van der Waals surface area contributed by atoms with Crippen molar-refractivity contribution in [2.45, 2.75) is 51.0 Å². The number of hydrogen-bond acceptors (Lipinski definition) is 4. The van der Waals surface area contributed by atoms with Crippen LogP contribution in [0.2, 0.25) is 0 Å². The van der Waals surface area contributed by atoms with E-state index in [-0.39, 0.29) is 6.04 Å². The van der Waals surface area contributed by atoms with E-state index in [1.54, 1.807) is 0 Å². The third-order valence-electron chi connectivity index (χ3n) is 15.0. The maximum absolute atomic E-state index is 2.48. The molecule has 4 heteroatoms. The standard InChI is InChI=1S/C72H62N4/c1-7-19-61(20-8-1)73(62-21-9-2-10-22-62)67-43-31-55(32-44-67)57-35-47-69(48-36-57)75(65-27-15-5-16-28-65)71-51-39-59(40-52-71)60-41-53-72(54-42-60)76(66-29-17-6-18-30-66)70-49-37-58(38-50-70)56-33-45-68(46-34-56)74(63-23-11-3-12-24-63)64-25-13-4-14-26-64/h1-5,7-13,15-17,19-25,27,29-41,43-53,65H,6,14,18,26,28,42,54H2. The molecule has 0 bridgehead atoms. The molecule has 12 rings (SSSR count). The van der Waals surface area contributed by atoms with Gasteiger partial charge in [-0.15, -0.1) is 0 Å². The molecule has 370 valence electrons. The van der Waals surface area contributed by atoms with Crippen molar-refractivity contribution in [1.82, 2.24) is 0 Å². The Morgan fingerprint density at radius 1 is 0.316 bits per heavy atom. The summed E-state index contributed by atoms with van der Waals surface area (Å²) in [5, 5.41) is 0. The quantitative estimate of drug-likeness (QED) is 0.101. The van der Waals surface area contributed by atoms with Gasteiger partial charge in [-0.1, -0.05) is 170 Å². The Morgan fingerprint density at radius 3 is 1.25 bits per heavy atom. The Kier molecular flexibility index (Phi) is 14.2. The van der Waals surface area contributed by atoms with Crippen molar-refractivity contribution in [1.29, 1.82) is 0 Å². The zero-order valence-corrected chi connectivity index (χ0v) is 43.0. The molecule has 0 fully saturated rings. The third kappa shape index (κ3) is 10.5. The summed E-state index contributed by atoms with van der Waals surface area (Å²) in [6.45, 7) is 0. The maximum atomic E-state index is 2.48. The number of benzene rings is 8. The molecule has 0 spiro atoms. The maximum Gasteiger partial charge on any atom is 0.0559 e. The lowest BCUT2D eigenvalue weighted by atomic mass is 9.94. The fraction of sp³-hybridized carbons (Fsp3) is 0.111. The van der Waals surface area contributed by atoms with Crippen LogP contribution in [0.25, 0.3) is 27.8 Å². The summed E-state index contributed by atoms with van der Waals surface area (Å²) in [5.74, 6) is 0. The van der Waals surface area contributed by atoms with Gasteiger partial charge in [0.25, 0.3) is 0 Å². The molecule has 0 aliphatic heterocycles. The first-order valence-corrected chi connectivity index (χ1v) is 27.0. The molecule has 0 amide bonds. The minimum Gasteiger partial charge on any atom is -0.334 e. The molecule has 0 aromatic heterocycles. The van der Waals surface area contributed by atoms with Crippen LogP contribution >= 0.6 is 0 Å². The Balaban J connectivity index is 0.763. The average Bonchev–Trinajstić information content (AvgIpc) is 3.50. The first-order valence-electron chi connectivity index (χ1n) is 27.0. The molecule has 1 atom stereocenters. The van der Waals surface area contributed by atoms with Gasteiger partial charge in [-0.3, -0.25) is 0 Å². The normalized spacial score (nSPS) is 15.8. The third-order valence-corrected chi connectivity index (χ3v) is 15.0. The summed E-state index contributed by atoms with van der Waals surface area (Å²) >= 11 is 0. The van der Waals surface area contributed by atoms with Crippen LogP contribution in [-0.4, -0.2) is 6.04 Å². The Bertz CT molecular complexity index is 3470. The van der Waals surface area contributed by atoms with Gasteiger partial charge in [0.05, 0.1) is 6.04 Å². The molecule has 0 saturated heterocycles. The first-order chi connectivity index (χ1) is 37.7. The summed E-state index contributed by atoms with van der Waals surface area (Å²) in [6, 6.07) is 77.5. The number of rotatable bonds is 15. The van der Waals surface area contributed by atoms with Gasteiger partial charge in [0.1, 0.15) is 0 Å². The lowest BCUT2D eigenvalue weighted by Crippen LogP contribution is -2.29. The van der Waals surface area contributed by atoms with Crippen molar-refractivity contribution < 1.29 is 0 Å². The van der Waals surface area contributed by atoms with Gasteiger partial charge < -0.3 is 19.6 Å². The van der Waals surface area contributed by atoms with Crippen molar-refractivity contribution in [2.75, 3.05) is 19.6 Å². The fourth-order valence-electron chi connectivity index (χ4n) is 11.1. The first kappa shape index (κ1) is 47.9. The second-order valence-corrected chi connectivity index (χ2v) is 19.8. The second kappa shape index (κ2) is 22.6. The second-order valence-electron chi connectivity index (χ2n) is 19.8. The van der Waals surface area contributed by atoms with Crippen molar-refractivity contribution in [3.8, 4) is 22.3 Å². The zero-order valence-electron chi connectivity index (χ0n) is 43.0. The van der Waals surface area contributed by atoms with Crippen LogP contribution in [0, 0.1) is 0 Å². The minimum absolute atomic E-state index is 0.212. The van der Waals surface area contributed by atoms with E-state index in [4.69, 9.17) is 0 Å². The topological polar surface area (TPSA) is 13.0 Å². The van der Waals surface area contributed by atoms with Gasteiger partial charge in [-0.25, -0.2) is 0 Å². The summed E-state index contributed by atoms with van der Waals surface area (Å²) in [7, 11) is 0. The van der Waals surface area contributed by atoms with E-state index >= 15 is 0 Å². The molecule has 4 nitrogen and oxygen atoms in total. The largest absolute Gasteiger partial charge is 0.334 e. The Labute approximate surface area is 449 Å². The number of anilines is 8. The molecule has 0 N–H and O–H groups in total. The monoisotopic (exact) mass is 982 g/mol. The van der Waals surface area contributed by atoms with Gasteiger partial charge in [0.15, 0.2) is 0 Å². The lowest BCUT2D eigenvalue weighted by molar-refractivity contribution is 0.785. The highest BCUT2D eigenvalue weighted by Gasteiger charge is 2.23. The smallest absolute Gasteiger partial charge is 0.0559 e. The van der Waals surface area contributed by atoms with Crippen LogP contribution in [0.15, 0.2) is 302 Å². The van der Waals surface area contributed by atoms with Crippen LogP contribution in [0.4, 0.5) is 45.5 Å². The van der Waals surface area contributed by atoms with E-state index < -0.39 is 0 Å². The van der Waals surface area contributed by atoms with Crippen LogP contribution in [0.5, 0.6) is 0 Å². The van der Waals surface area contributed by atoms with E-state index in [2.05, 4.69) is 305 Å². The van der Waals surface area contributed by atoms with E-state index in [0.29, 0.717) is 0 Å². The Hall–Kier alpha value is -9.12. The van der Waals surface area contributed by atoms with Gasteiger partial charge in [0.2, 0.25) is 0 Å². The van der Waals surface area contributed by atoms with Gasteiger partial charge in [-0.2, -0.15) is 0 Å². The minimum atomic E-state index is 0.212. The molecule has 0 heterocycles. The highest BCUT2D eigenvalue weighted by Crippen LogP contribution is 2.41. The fourth-order valence-corrected chi connectivity index (χ4v) is 11.1. The van der Waals surface area contributed by atoms with Crippen molar-refractivity contribution in [2.24, 2.45) is 0 Å². The number of allylic oxidation sites excluding steroid dienone is 13. The van der Waals surface area contributed by atoms with E-state index in [9.17, 15) is 0 Å². The Morgan fingerprint density at radius 2 is 0.789 bits per heavy atom. The van der Waals surface area contributed by atoms with E-state index in [1.165, 1.54) is 78.9 Å². The molecule has 76 heavy (non-hydrogen) atoms. The highest BCUT2D eigenvalue weighted by molar-refractivity contribution is 5.80. The van der Waals surface area contributed by atoms with Gasteiger partial charge >= 0.3 is 0 Å². The van der Waals surface area contributed by atoms with E-state index in [0.717, 1.165) is 62.0 Å². The SMILES string of the molecule is C1=CCCC(N(c2ccccc2)c2ccc(-c3ccc(N(C4=CCCC=C4)C4=CC=C(c5ccc(N(c6ccc(-c7ccc(N(c8ccccc8)c8ccccc8)cc7)cc6)C6C=CC=CC6)cc5)CC4)cc3)cc2)=C1. The van der Waals surface area contributed by atoms with Gasteiger partial charge in [-0.05, 0) is 194 Å². The van der Waals surface area contributed by atoms with Crippen molar-refractivity contribution >= 4 is 51.1 Å². The molecule has 8 aromatic carbocycles. The lowest BCUT2D eigenvalue weighted by Gasteiger charge is -2.33. The van der Waals surface area contributed by atoms with Crippen molar-refractivity contribution in [3.63, 3.8) is 0 Å². The predicted molar refractivity (Wildman–Crippen MR) is 323 cm³/mol. The molecule has 0 radical (unpaired) electrons. The average molecular weight is 983 g/mol. The zero-order chi connectivity index (χ0) is 50.9. The summed E-state index contributed by atoms with van der Waals surface area (Å²) in [4.78, 5) is 9.65. The molecule has 4 aliphatic rings. The molecule has 8 aromatic rings.